The van der Waals surface area contributed by atoms with Crippen LogP contribution in [-0.2, 0) is 6.54 Å². The Morgan fingerprint density at radius 1 is 1.20 bits per heavy atom. The maximum atomic E-state index is 5.68. The molecule has 0 saturated carbocycles. The van der Waals surface area contributed by atoms with E-state index in [0.717, 1.165) is 31.7 Å². The number of aryl methyl sites for hydroxylation is 1. The molecule has 0 spiro atoms. The van der Waals surface area contributed by atoms with Crippen LogP contribution in [0.15, 0.2) is 43.1 Å². The first-order chi connectivity index (χ1) is 9.85. The molecule has 0 aliphatic carbocycles. The van der Waals surface area contributed by atoms with Gasteiger partial charge in [0.15, 0.2) is 0 Å². The quantitative estimate of drug-likeness (QED) is 0.453. The minimum Gasteiger partial charge on any atom is -0.494 e. The fraction of sp³-hybridized carbons (Fsp3) is 0.444. The zero-order valence-electron chi connectivity index (χ0n) is 12.5. The minimum absolute atomic E-state index is 0.787. The van der Waals surface area contributed by atoms with Gasteiger partial charge in [0.1, 0.15) is 5.75 Å². The number of allylic oxidation sites excluding steroid dienone is 1. The second-order valence-electron chi connectivity index (χ2n) is 5.22. The van der Waals surface area contributed by atoms with E-state index in [2.05, 4.69) is 48.5 Å². The fourth-order valence-corrected chi connectivity index (χ4v) is 2.43. The van der Waals surface area contributed by atoms with Gasteiger partial charge in [-0.1, -0.05) is 19.4 Å². The Morgan fingerprint density at radius 2 is 2.10 bits per heavy atom. The number of benzene rings is 1. The van der Waals surface area contributed by atoms with E-state index < -0.39 is 0 Å². The van der Waals surface area contributed by atoms with E-state index in [-0.39, 0.29) is 0 Å². The van der Waals surface area contributed by atoms with E-state index >= 15 is 0 Å². The smallest absolute Gasteiger partial charge is 0.120 e. The summed E-state index contributed by atoms with van der Waals surface area (Å²) < 4.78 is 8.02. The Kier molecular flexibility index (Phi) is 5.72. The Morgan fingerprint density at radius 3 is 2.90 bits per heavy atom. The van der Waals surface area contributed by atoms with Gasteiger partial charge in [-0.3, -0.25) is 0 Å². The van der Waals surface area contributed by atoms with Crippen LogP contribution in [0.4, 0.5) is 0 Å². The zero-order valence-corrected chi connectivity index (χ0v) is 12.5. The van der Waals surface area contributed by atoms with E-state index in [1.54, 1.807) is 0 Å². The molecular formula is C18H25NO. The number of ether oxygens (including phenoxy) is 1. The topological polar surface area (TPSA) is 14.2 Å². The number of aromatic nitrogens is 1. The van der Waals surface area contributed by atoms with Crippen LogP contribution in [0.25, 0.3) is 10.9 Å². The summed E-state index contributed by atoms with van der Waals surface area (Å²) in [6.07, 6.45) is 10.1. The van der Waals surface area contributed by atoms with Gasteiger partial charge in [-0.25, -0.2) is 0 Å². The van der Waals surface area contributed by atoms with Gasteiger partial charge >= 0.3 is 0 Å². The van der Waals surface area contributed by atoms with Crippen molar-refractivity contribution in [3.05, 3.63) is 43.1 Å². The third kappa shape index (κ3) is 3.89. The first-order valence-electron chi connectivity index (χ1n) is 7.67. The fourth-order valence-electron chi connectivity index (χ4n) is 2.43. The number of nitrogens with zero attached hydrogens (tertiary/aromatic N) is 1. The van der Waals surface area contributed by atoms with Crippen molar-refractivity contribution in [1.29, 1.82) is 0 Å². The molecule has 0 atom stereocenters. The molecule has 0 saturated heterocycles. The van der Waals surface area contributed by atoms with Crippen LogP contribution >= 0.6 is 0 Å². The van der Waals surface area contributed by atoms with E-state index in [1.807, 2.05) is 6.08 Å². The van der Waals surface area contributed by atoms with Crippen molar-refractivity contribution in [3.63, 3.8) is 0 Å². The second kappa shape index (κ2) is 7.78. The van der Waals surface area contributed by atoms with Gasteiger partial charge < -0.3 is 9.30 Å². The van der Waals surface area contributed by atoms with Gasteiger partial charge in [0.25, 0.3) is 0 Å². The summed E-state index contributed by atoms with van der Waals surface area (Å²) in [7, 11) is 0. The highest BCUT2D eigenvalue weighted by Gasteiger charge is 2.02. The van der Waals surface area contributed by atoms with Crippen molar-refractivity contribution in [2.45, 2.75) is 45.6 Å². The van der Waals surface area contributed by atoms with Gasteiger partial charge in [0.05, 0.1) is 6.61 Å². The zero-order chi connectivity index (χ0) is 14.2. The Bertz CT molecular complexity index is 541. The Hall–Kier alpha value is -1.70. The van der Waals surface area contributed by atoms with Crippen LogP contribution in [0.5, 0.6) is 5.75 Å². The molecule has 0 unspecified atom stereocenters. The summed E-state index contributed by atoms with van der Waals surface area (Å²) in [6, 6.07) is 8.56. The monoisotopic (exact) mass is 271 g/mol. The number of hydrogen-bond donors (Lipinski definition) is 0. The van der Waals surface area contributed by atoms with Gasteiger partial charge in [-0.05, 0) is 49.9 Å². The highest BCUT2D eigenvalue weighted by atomic mass is 16.5. The molecule has 20 heavy (non-hydrogen) atoms. The maximum Gasteiger partial charge on any atom is 0.120 e. The van der Waals surface area contributed by atoms with Crippen molar-refractivity contribution >= 4 is 10.9 Å². The summed E-state index contributed by atoms with van der Waals surface area (Å²) in [5.74, 6) is 0.975. The molecule has 108 valence electrons. The van der Waals surface area contributed by atoms with Crippen LogP contribution in [-0.4, -0.2) is 11.2 Å². The van der Waals surface area contributed by atoms with Crippen LogP contribution in [0, 0.1) is 0 Å². The highest BCUT2D eigenvalue weighted by molar-refractivity contribution is 5.81. The van der Waals surface area contributed by atoms with Gasteiger partial charge in [-0.2, -0.15) is 0 Å². The van der Waals surface area contributed by atoms with Crippen LogP contribution in [0.1, 0.15) is 39.0 Å². The predicted molar refractivity (Wildman–Crippen MR) is 86.4 cm³/mol. The number of fused-ring (bicyclic) bond motifs is 1. The normalized spacial score (nSPS) is 10.8. The Balaban J connectivity index is 1.95. The van der Waals surface area contributed by atoms with Crippen molar-refractivity contribution < 1.29 is 4.74 Å². The molecule has 2 nitrogen and oxygen atoms in total. The van der Waals surface area contributed by atoms with E-state index in [9.17, 15) is 0 Å². The molecule has 0 aliphatic heterocycles. The lowest BCUT2D eigenvalue weighted by Gasteiger charge is -2.07. The molecule has 0 amide bonds. The molecule has 0 aliphatic rings. The van der Waals surface area contributed by atoms with Gasteiger partial charge in [0.2, 0.25) is 0 Å². The lowest BCUT2D eigenvalue weighted by molar-refractivity contribution is 0.318. The molecule has 1 aromatic heterocycles. The summed E-state index contributed by atoms with van der Waals surface area (Å²) in [5, 5.41) is 1.27. The SMILES string of the molecule is C=CCCCCCn1ccc2cc(OCCC)ccc21. The van der Waals surface area contributed by atoms with Crippen LogP contribution in [0.2, 0.25) is 0 Å². The standard InChI is InChI=1S/C18H25NO/c1-3-5-6-7-8-12-19-13-11-16-15-17(20-14-4-2)9-10-18(16)19/h3,9-11,13,15H,1,4-8,12,14H2,2H3. The molecule has 0 N–H and O–H groups in total. The number of unbranched alkanes of at least 4 members (excludes halogenated alkanes) is 3. The summed E-state index contributed by atoms with van der Waals surface area (Å²) in [6.45, 7) is 7.77. The molecule has 1 aromatic carbocycles. The van der Waals surface area contributed by atoms with E-state index in [4.69, 9.17) is 4.74 Å². The molecule has 0 radical (unpaired) electrons. The molecule has 0 fully saturated rings. The predicted octanol–water partition coefficient (Wildman–Crippen LogP) is 5.18. The second-order valence-corrected chi connectivity index (χ2v) is 5.22. The first-order valence-corrected chi connectivity index (χ1v) is 7.67. The minimum atomic E-state index is 0.787. The average molecular weight is 271 g/mol. The molecule has 1 heterocycles. The third-order valence-corrected chi connectivity index (χ3v) is 3.52. The van der Waals surface area contributed by atoms with Crippen molar-refractivity contribution in [3.8, 4) is 5.75 Å². The average Bonchev–Trinajstić information content (AvgIpc) is 2.87. The summed E-state index contributed by atoms with van der Waals surface area (Å²) in [4.78, 5) is 0. The van der Waals surface area contributed by atoms with Gasteiger partial charge in [0, 0.05) is 23.6 Å². The number of hydrogen-bond acceptors (Lipinski definition) is 1. The molecule has 2 aromatic rings. The highest BCUT2D eigenvalue weighted by Crippen LogP contribution is 2.22. The molecule has 0 bridgehead atoms. The van der Waals surface area contributed by atoms with Gasteiger partial charge in [-0.15, -0.1) is 6.58 Å². The van der Waals surface area contributed by atoms with Crippen LogP contribution < -0.4 is 4.74 Å². The third-order valence-electron chi connectivity index (χ3n) is 3.52. The summed E-state index contributed by atoms with van der Waals surface area (Å²) in [5.41, 5.74) is 1.30. The Labute approximate surface area is 122 Å². The lowest BCUT2D eigenvalue weighted by Crippen LogP contribution is -1.97. The maximum absolute atomic E-state index is 5.68. The van der Waals surface area contributed by atoms with Crippen LogP contribution in [0.3, 0.4) is 0 Å². The van der Waals surface area contributed by atoms with Crippen molar-refractivity contribution in [2.75, 3.05) is 6.61 Å². The largest absolute Gasteiger partial charge is 0.494 e. The molecule has 2 rings (SSSR count). The number of rotatable bonds is 9. The molecular weight excluding hydrogens is 246 g/mol. The van der Waals surface area contributed by atoms with Crippen molar-refractivity contribution in [2.24, 2.45) is 0 Å². The summed E-state index contributed by atoms with van der Waals surface area (Å²) >= 11 is 0. The lowest BCUT2D eigenvalue weighted by atomic mass is 10.2. The first kappa shape index (κ1) is 14.7. The van der Waals surface area contributed by atoms with E-state index in [0.29, 0.717) is 0 Å². The molecule has 2 heteroatoms. The van der Waals surface area contributed by atoms with E-state index in [1.165, 1.54) is 30.2 Å². The van der Waals surface area contributed by atoms with Crippen molar-refractivity contribution in [1.82, 2.24) is 4.57 Å².